The van der Waals surface area contributed by atoms with E-state index in [9.17, 15) is 34.7 Å². The first-order valence-corrected chi connectivity index (χ1v) is 14.6. The van der Waals surface area contributed by atoms with Crippen LogP contribution in [-0.2, 0) is 19.0 Å². The Labute approximate surface area is 263 Å². The predicted molar refractivity (Wildman–Crippen MR) is 157 cm³/mol. The largest absolute Gasteiger partial charge is 0.504 e. The van der Waals surface area contributed by atoms with Gasteiger partial charge in [-0.1, -0.05) is 17.7 Å². The molecule has 45 heavy (non-hydrogen) atoms. The quantitative estimate of drug-likeness (QED) is 0.172. The van der Waals surface area contributed by atoms with Crippen molar-refractivity contribution >= 4 is 23.6 Å². The molecule has 3 fully saturated rings. The molecule has 14 heteroatoms. The van der Waals surface area contributed by atoms with E-state index in [1.807, 2.05) is 0 Å². The molecular formula is C31H35ClFNO11. The van der Waals surface area contributed by atoms with Gasteiger partial charge >= 0.3 is 0 Å². The van der Waals surface area contributed by atoms with E-state index in [4.69, 9.17) is 35.3 Å². The smallest absolute Gasteiger partial charge is 0.247 e. The summed E-state index contributed by atoms with van der Waals surface area (Å²) in [4.78, 5) is 12.9. The first-order valence-electron chi connectivity index (χ1n) is 14.3. The molecule has 244 valence electrons. The zero-order valence-electron chi connectivity index (χ0n) is 24.4. The van der Waals surface area contributed by atoms with E-state index in [0.29, 0.717) is 16.9 Å². The van der Waals surface area contributed by atoms with Crippen LogP contribution in [0.1, 0.15) is 25.8 Å². The molecule has 2 aromatic rings. The summed E-state index contributed by atoms with van der Waals surface area (Å²) in [7, 11) is 0. The maximum Gasteiger partial charge on any atom is 0.247 e. The van der Waals surface area contributed by atoms with E-state index in [1.54, 1.807) is 19.1 Å². The van der Waals surface area contributed by atoms with Gasteiger partial charge in [0.25, 0.3) is 0 Å². The molecule has 0 spiro atoms. The van der Waals surface area contributed by atoms with Crippen LogP contribution < -0.4 is 14.8 Å². The van der Waals surface area contributed by atoms with Crippen LogP contribution in [-0.4, -0.2) is 99.9 Å². The molecule has 2 heterocycles. The maximum absolute atomic E-state index is 13.2. The third kappa shape index (κ3) is 7.42. The highest BCUT2D eigenvalue weighted by atomic mass is 35.5. The lowest BCUT2D eigenvalue weighted by Gasteiger charge is -2.41. The van der Waals surface area contributed by atoms with Gasteiger partial charge in [0, 0.05) is 12.0 Å². The second kappa shape index (κ2) is 14.0. The van der Waals surface area contributed by atoms with Gasteiger partial charge < -0.3 is 54.5 Å². The molecule has 0 bridgehead atoms. The van der Waals surface area contributed by atoms with E-state index < -0.39 is 66.8 Å². The number of carbonyl (C=O) groups excluding carboxylic acids is 1. The van der Waals surface area contributed by atoms with Crippen molar-refractivity contribution < 1.29 is 58.4 Å². The molecule has 1 amide bonds. The van der Waals surface area contributed by atoms with Crippen LogP contribution in [0.3, 0.4) is 0 Å². The molecule has 1 saturated carbocycles. The summed E-state index contributed by atoms with van der Waals surface area (Å²) in [5.41, 5.74) is 1.33. The summed E-state index contributed by atoms with van der Waals surface area (Å²) >= 11 is 5.98. The minimum Gasteiger partial charge on any atom is -0.504 e. The normalized spacial score (nSPS) is 31.9. The summed E-state index contributed by atoms with van der Waals surface area (Å²) in [6.45, 7) is 3.23. The van der Waals surface area contributed by atoms with E-state index >= 15 is 0 Å². The SMILES string of the molecule is C/C(=C/COc1ccc(F)cc1Cl)[C@H]1O[C@@H](Oc2ccc(/C=C(\C)C(=O)N[C@@H]3[C@H](O)[C@@H](O)[C@H]4OCO[C@H]4[C@@H]3O)cc2O)C[C@@H]1O. The van der Waals surface area contributed by atoms with E-state index in [1.165, 1.54) is 37.3 Å². The van der Waals surface area contributed by atoms with Gasteiger partial charge in [-0.3, -0.25) is 4.79 Å². The fraction of sp³-hybridized carbons (Fsp3) is 0.452. The number of aromatic hydroxyl groups is 1. The summed E-state index contributed by atoms with van der Waals surface area (Å²) in [6.07, 6.45) is -5.06. The highest BCUT2D eigenvalue weighted by Gasteiger charge is 2.53. The molecule has 6 N–H and O–H groups in total. The number of halogens is 2. The van der Waals surface area contributed by atoms with Crippen molar-refractivity contribution in [2.24, 2.45) is 0 Å². The zero-order chi connectivity index (χ0) is 32.4. The van der Waals surface area contributed by atoms with Crippen LogP contribution in [0.15, 0.2) is 53.6 Å². The number of amides is 1. The van der Waals surface area contributed by atoms with Crippen molar-refractivity contribution in [2.45, 2.75) is 75.3 Å². The van der Waals surface area contributed by atoms with E-state index in [2.05, 4.69) is 5.32 Å². The first-order chi connectivity index (χ1) is 21.4. The highest BCUT2D eigenvalue weighted by Crippen LogP contribution is 2.34. The summed E-state index contributed by atoms with van der Waals surface area (Å²) in [5.74, 6) is -0.914. The number of hydrogen-bond acceptors (Lipinski definition) is 11. The van der Waals surface area contributed by atoms with Crippen LogP contribution in [0.4, 0.5) is 4.39 Å². The molecule has 3 aliphatic rings. The van der Waals surface area contributed by atoms with Gasteiger partial charge in [-0.25, -0.2) is 4.39 Å². The van der Waals surface area contributed by atoms with Crippen LogP contribution in [0.5, 0.6) is 17.2 Å². The van der Waals surface area contributed by atoms with Gasteiger partial charge in [0.2, 0.25) is 12.2 Å². The van der Waals surface area contributed by atoms with Crippen LogP contribution in [0.2, 0.25) is 5.02 Å². The number of aliphatic hydroxyl groups is 4. The van der Waals surface area contributed by atoms with Gasteiger partial charge in [0.1, 0.15) is 61.6 Å². The maximum atomic E-state index is 13.2. The average Bonchev–Trinajstić information content (AvgIpc) is 3.63. The molecule has 0 aromatic heterocycles. The third-order valence-corrected chi connectivity index (χ3v) is 8.25. The van der Waals surface area contributed by atoms with Crippen molar-refractivity contribution in [3.05, 3.63) is 70.0 Å². The summed E-state index contributed by atoms with van der Waals surface area (Å²) < 4.78 is 41.0. The lowest BCUT2D eigenvalue weighted by Crippen LogP contribution is -2.67. The van der Waals surface area contributed by atoms with Crippen LogP contribution in [0, 0.1) is 5.82 Å². The minimum absolute atomic E-state index is 0.0961. The summed E-state index contributed by atoms with van der Waals surface area (Å²) in [5, 5.41) is 55.2. The first kappa shape index (κ1) is 33.1. The molecule has 5 rings (SSSR count). The number of hydrogen-bond donors (Lipinski definition) is 6. The van der Waals surface area contributed by atoms with Crippen molar-refractivity contribution in [1.82, 2.24) is 5.32 Å². The molecular weight excluding hydrogens is 617 g/mol. The lowest BCUT2D eigenvalue weighted by molar-refractivity contribution is -0.155. The topological polar surface area (TPSA) is 176 Å². The number of phenolic OH excluding ortho intramolecular Hbond substituents is 1. The Hall–Kier alpha value is -3.27. The number of ether oxygens (including phenoxy) is 5. The van der Waals surface area contributed by atoms with Crippen LogP contribution in [0.25, 0.3) is 6.08 Å². The van der Waals surface area contributed by atoms with Crippen LogP contribution >= 0.6 is 11.6 Å². The Morgan fingerprint density at radius 2 is 1.76 bits per heavy atom. The fourth-order valence-electron chi connectivity index (χ4n) is 5.49. The third-order valence-electron chi connectivity index (χ3n) is 7.95. The second-order valence-corrected chi connectivity index (χ2v) is 11.6. The summed E-state index contributed by atoms with van der Waals surface area (Å²) in [6, 6.07) is 7.06. The van der Waals surface area contributed by atoms with Gasteiger partial charge in [0.15, 0.2) is 11.5 Å². The monoisotopic (exact) mass is 651 g/mol. The Bertz CT molecular complexity index is 1450. The number of carbonyl (C=O) groups is 1. The number of aliphatic hydroxyl groups excluding tert-OH is 4. The standard InChI is InChI=1S/C31H35ClFNO11/c1-14(7-8-41-21-6-4-17(33)11-18(21)32)28-20(36)12-23(45-28)44-22-5-3-16(10-19(22)35)9-15(2)31(40)34-24-25(37)27(39)30-29(26(24)38)42-13-43-30/h3-7,9-11,20,23-30,35-39H,8,12-13H2,1-2H3,(H,34,40)/b14-7-,15-9+/t20-,23+,24+,25-,26+,27+,28+,29-,30+/m0/s1. The fourth-order valence-corrected chi connectivity index (χ4v) is 5.71. The molecule has 2 saturated heterocycles. The van der Waals surface area contributed by atoms with Gasteiger partial charge in [-0.15, -0.1) is 0 Å². The van der Waals surface area contributed by atoms with Gasteiger partial charge in [-0.05, 0) is 67.5 Å². The highest BCUT2D eigenvalue weighted by molar-refractivity contribution is 6.32. The average molecular weight is 652 g/mol. The Kier molecular flexibility index (Phi) is 10.3. The van der Waals surface area contributed by atoms with Crippen molar-refractivity contribution in [1.29, 1.82) is 0 Å². The Morgan fingerprint density at radius 1 is 1.04 bits per heavy atom. The number of rotatable bonds is 9. The lowest BCUT2D eigenvalue weighted by atomic mass is 9.83. The molecule has 1 aliphatic carbocycles. The van der Waals surface area contributed by atoms with E-state index in [0.717, 1.165) is 6.07 Å². The second-order valence-electron chi connectivity index (χ2n) is 11.1. The Morgan fingerprint density at radius 3 is 2.47 bits per heavy atom. The number of fused-ring (bicyclic) bond motifs is 1. The number of nitrogens with one attached hydrogen (secondary N) is 1. The van der Waals surface area contributed by atoms with Crippen molar-refractivity contribution in [3.63, 3.8) is 0 Å². The van der Waals surface area contributed by atoms with Crippen molar-refractivity contribution in [3.8, 4) is 17.2 Å². The predicted octanol–water partition coefficient (Wildman–Crippen LogP) is 1.79. The van der Waals surface area contributed by atoms with E-state index in [-0.39, 0.29) is 41.9 Å². The van der Waals surface area contributed by atoms with Crippen molar-refractivity contribution in [2.75, 3.05) is 13.4 Å². The zero-order valence-corrected chi connectivity index (χ0v) is 25.1. The molecule has 2 aliphatic heterocycles. The number of benzene rings is 2. The molecule has 12 nitrogen and oxygen atoms in total. The minimum atomic E-state index is -1.48. The van der Waals surface area contributed by atoms with Gasteiger partial charge in [-0.2, -0.15) is 0 Å². The molecule has 0 radical (unpaired) electrons. The molecule has 9 atom stereocenters. The molecule has 2 aromatic carbocycles. The Balaban J connectivity index is 1.15. The van der Waals surface area contributed by atoms with Gasteiger partial charge in [0.05, 0.1) is 17.2 Å². The number of phenols is 1. The molecule has 0 unspecified atom stereocenters.